The maximum atomic E-state index is 13.9. The highest BCUT2D eigenvalue weighted by Crippen LogP contribution is 2.71. The lowest BCUT2D eigenvalue weighted by Crippen LogP contribution is -2.59. The lowest BCUT2D eigenvalue weighted by atomic mass is 9.73. The average Bonchev–Trinajstić information content (AvgIpc) is 3.51. The Morgan fingerprint density at radius 2 is 1.89 bits per heavy atom. The van der Waals surface area contributed by atoms with Crippen LogP contribution < -0.4 is 9.47 Å². The van der Waals surface area contributed by atoms with E-state index in [1.165, 1.54) is 13.2 Å². The van der Waals surface area contributed by atoms with Gasteiger partial charge in [0.25, 0.3) is 5.91 Å². The van der Waals surface area contributed by atoms with Crippen LogP contribution in [0.1, 0.15) is 28.8 Å². The molecule has 1 aromatic carbocycles. The number of rotatable bonds is 5. The summed E-state index contributed by atoms with van der Waals surface area (Å²) >= 11 is 0. The Morgan fingerprint density at radius 1 is 1.09 bits per heavy atom. The van der Waals surface area contributed by atoms with Gasteiger partial charge in [-0.15, -0.1) is 0 Å². The number of benzene rings is 1. The van der Waals surface area contributed by atoms with Crippen molar-refractivity contribution < 1.29 is 27.4 Å². The minimum Gasteiger partial charge on any atom is -0.496 e. The molecule has 0 radical (unpaired) electrons. The zero-order valence-electron chi connectivity index (χ0n) is 18.7. The predicted octanol–water partition coefficient (Wildman–Crippen LogP) is 4.25. The molecular weight excluding hydrogens is 461 g/mol. The van der Waals surface area contributed by atoms with Crippen molar-refractivity contribution >= 4 is 5.91 Å². The van der Waals surface area contributed by atoms with E-state index in [4.69, 9.17) is 9.47 Å². The first-order chi connectivity index (χ1) is 16.8. The number of pyridine rings is 1. The lowest BCUT2D eigenvalue weighted by molar-refractivity contribution is -0.137. The average molecular weight is 482 g/mol. The van der Waals surface area contributed by atoms with Crippen LogP contribution in [0, 0.1) is 11.3 Å². The summed E-state index contributed by atoms with van der Waals surface area (Å²) in [6.45, 7) is 0.594. The number of amides is 1. The summed E-state index contributed by atoms with van der Waals surface area (Å²) in [5.74, 6) is 1.16. The van der Waals surface area contributed by atoms with Gasteiger partial charge in [-0.3, -0.25) is 4.79 Å². The molecule has 35 heavy (non-hydrogen) atoms. The Morgan fingerprint density at radius 3 is 2.57 bits per heavy atom. The molecule has 2 saturated carbocycles. The quantitative estimate of drug-likeness (QED) is 0.541. The van der Waals surface area contributed by atoms with E-state index in [0.717, 1.165) is 25.1 Å². The molecule has 1 aliphatic heterocycles. The van der Waals surface area contributed by atoms with Crippen LogP contribution in [0.25, 0.3) is 11.4 Å². The number of hydrogen-bond acceptors (Lipinski definition) is 6. The van der Waals surface area contributed by atoms with Crippen LogP contribution in [0.5, 0.6) is 11.6 Å². The Labute approximate surface area is 198 Å². The second kappa shape index (κ2) is 7.66. The molecule has 2 aliphatic carbocycles. The van der Waals surface area contributed by atoms with Crippen LogP contribution in [0.3, 0.4) is 0 Å². The van der Waals surface area contributed by atoms with Gasteiger partial charge in [0.1, 0.15) is 11.9 Å². The summed E-state index contributed by atoms with van der Waals surface area (Å²) in [7, 11) is 1.51. The highest BCUT2D eigenvalue weighted by molar-refractivity contribution is 6.03. The minimum atomic E-state index is -4.46. The van der Waals surface area contributed by atoms with Crippen LogP contribution >= 0.6 is 0 Å². The molecule has 4 atom stereocenters. The topological polar surface area (TPSA) is 77.4 Å². The summed E-state index contributed by atoms with van der Waals surface area (Å²) in [4.78, 5) is 28.2. The van der Waals surface area contributed by atoms with Gasteiger partial charge in [-0.25, -0.2) is 15.0 Å². The standard InChI is InChI=1S/C25H21F3N4O3/c1-34-17-5-2-4-16(22-29-8-3-9-30-22)20(17)23(33)32-13-15-10-24(15)11-18(21(24)32)35-19-7-6-14(12-31-19)25(26,27)28/h2-9,12,15,18,21H,10-11,13H2,1H3. The summed E-state index contributed by atoms with van der Waals surface area (Å²) < 4.78 is 50.1. The van der Waals surface area contributed by atoms with E-state index in [-0.39, 0.29) is 29.3 Å². The molecule has 10 heteroatoms. The van der Waals surface area contributed by atoms with Gasteiger partial charge in [-0.2, -0.15) is 13.2 Å². The molecule has 1 amide bonds. The van der Waals surface area contributed by atoms with Crippen molar-refractivity contribution in [1.82, 2.24) is 19.9 Å². The van der Waals surface area contributed by atoms with Crippen molar-refractivity contribution in [2.24, 2.45) is 11.3 Å². The molecule has 2 aromatic heterocycles. The molecule has 4 unspecified atom stereocenters. The van der Waals surface area contributed by atoms with Crippen LogP contribution in [0.2, 0.25) is 0 Å². The monoisotopic (exact) mass is 482 g/mol. The number of piperidine rings is 1. The number of halogens is 3. The number of carbonyl (C=O) groups excluding carboxylic acids is 1. The first kappa shape index (κ1) is 21.8. The largest absolute Gasteiger partial charge is 0.496 e. The fraction of sp³-hybridized carbons (Fsp3) is 0.360. The second-order valence-corrected chi connectivity index (χ2v) is 9.24. The fourth-order valence-electron chi connectivity index (χ4n) is 5.72. The molecule has 7 nitrogen and oxygen atoms in total. The Kier molecular flexibility index (Phi) is 4.77. The second-order valence-electron chi connectivity index (χ2n) is 9.24. The smallest absolute Gasteiger partial charge is 0.417 e. The van der Waals surface area contributed by atoms with Crippen LogP contribution in [-0.2, 0) is 6.18 Å². The maximum Gasteiger partial charge on any atom is 0.417 e. The third-order valence-corrected chi connectivity index (χ3v) is 7.42. The highest BCUT2D eigenvalue weighted by Gasteiger charge is 2.76. The minimum absolute atomic E-state index is 0.0116. The molecule has 6 rings (SSSR count). The van der Waals surface area contributed by atoms with E-state index in [1.807, 2.05) is 4.90 Å². The van der Waals surface area contributed by atoms with Gasteiger partial charge in [0, 0.05) is 42.2 Å². The molecule has 3 aliphatic rings. The van der Waals surface area contributed by atoms with E-state index in [0.29, 0.717) is 35.2 Å². The molecule has 1 saturated heterocycles. The number of methoxy groups -OCH3 is 1. The third-order valence-electron chi connectivity index (χ3n) is 7.42. The van der Waals surface area contributed by atoms with Crippen molar-refractivity contribution in [3.05, 3.63) is 66.1 Å². The SMILES string of the molecule is COc1cccc(-c2ncccn2)c1C(=O)N1CC2CC23CC(Oc2ccc(C(F)(F)F)cn2)C13. The van der Waals surface area contributed by atoms with Crippen molar-refractivity contribution in [2.75, 3.05) is 13.7 Å². The number of hydrogen-bond donors (Lipinski definition) is 0. The molecule has 180 valence electrons. The summed E-state index contributed by atoms with van der Waals surface area (Å²) in [6, 6.07) is 9.01. The van der Waals surface area contributed by atoms with Crippen molar-refractivity contribution in [3.8, 4) is 23.0 Å². The van der Waals surface area contributed by atoms with Gasteiger partial charge in [0.15, 0.2) is 5.82 Å². The summed E-state index contributed by atoms with van der Waals surface area (Å²) in [6.07, 6.45) is 0.949. The number of ether oxygens (including phenoxy) is 2. The molecule has 3 heterocycles. The van der Waals surface area contributed by atoms with Gasteiger partial charge in [-0.05, 0) is 37.0 Å². The van der Waals surface area contributed by atoms with Crippen LogP contribution in [-0.4, -0.2) is 51.6 Å². The summed E-state index contributed by atoms with van der Waals surface area (Å²) in [5, 5.41) is 0. The zero-order chi connectivity index (χ0) is 24.4. The molecular formula is C25H21F3N4O3. The van der Waals surface area contributed by atoms with Crippen molar-refractivity contribution in [3.63, 3.8) is 0 Å². The fourth-order valence-corrected chi connectivity index (χ4v) is 5.72. The van der Waals surface area contributed by atoms with Gasteiger partial charge >= 0.3 is 6.18 Å². The number of nitrogens with zero attached hydrogens (tertiary/aromatic N) is 4. The van der Waals surface area contributed by atoms with E-state index in [1.54, 1.807) is 36.7 Å². The Balaban J connectivity index is 1.29. The van der Waals surface area contributed by atoms with E-state index in [2.05, 4.69) is 15.0 Å². The highest BCUT2D eigenvalue weighted by atomic mass is 19.4. The van der Waals surface area contributed by atoms with Crippen molar-refractivity contribution in [1.29, 1.82) is 0 Å². The van der Waals surface area contributed by atoms with E-state index in [9.17, 15) is 18.0 Å². The normalized spacial score (nSPS) is 26.4. The summed E-state index contributed by atoms with van der Waals surface area (Å²) in [5.41, 5.74) is 0.140. The number of alkyl halides is 3. The van der Waals surface area contributed by atoms with Gasteiger partial charge in [0.2, 0.25) is 5.88 Å². The molecule has 3 fully saturated rings. The first-order valence-corrected chi connectivity index (χ1v) is 11.3. The van der Waals surface area contributed by atoms with Gasteiger partial charge in [-0.1, -0.05) is 12.1 Å². The van der Waals surface area contributed by atoms with Crippen LogP contribution in [0.15, 0.2) is 55.0 Å². The van der Waals surface area contributed by atoms with Gasteiger partial charge < -0.3 is 14.4 Å². The maximum absolute atomic E-state index is 13.9. The number of aromatic nitrogens is 3. The first-order valence-electron chi connectivity index (χ1n) is 11.3. The number of carbonyl (C=O) groups is 1. The van der Waals surface area contributed by atoms with Crippen molar-refractivity contribution in [2.45, 2.75) is 31.2 Å². The van der Waals surface area contributed by atoms with Gasteiger partial charge in [0.05, 0.1) is 24.3 Å². The Bertz CT molecular complexity index is 1290. The number of likely N-dealkylation sites (tertiary alicyclic amines) is 1. The molecule has 3 aromatic rings. The molecule has 0 bridgehead atoms. The molecule has 0 N–H and O–H groups in total. The Hall–Kier alpha value is -3.69. The predicted molar refractivity (Wildman–Crippen MR) is 118 cm³/mol. The van der Waals surface area contributed by atoms with E-state index >= 15 is 0 Å². The van der Waals surface area contributed by atoms with Crippen LogP contribution in [0.4, 0.5) is 13.2 Å². The third kappa shape index (κ3) is 3.42. The van der Waals surface area contributed by atoms with E-state index < -0.39 is 11.7 Å². The lowest BCUT2D eigenvalue weighted by Gasteiger charge is -2.47. The molecule has 1 spiro atoms. The zero-order valence-corrected chi connectivity index (χ0v) is 18.7.